The molecule has 1 N–H and O–H groups in total. The highest BCUT2D eigenvalue weighted by Gasteiger charge is 2.17. The number of aromatic nitrogens is 3. The van der Waals surface area contributed by atoms with E-state index >= 15 is 0 Å². The van der Waals surface area contributed by atoms with E-state index in [9.17, 15) is 0 Å². The maximum atomic E-state index is 5.29. The Labute approximate surface area is 109 Å². The van der Waals surface area contributed by atoms with E-state index in [1.807, 2.05) is 23.9 Å². The minimum absolute atomic E-state index is 0.439. The lowest BCUT2D eigenvalue weighted by molar-refractivity contribution is 0.363. The minimum atomic E-state index is 0.439. The molecule has 1 unspecified atom stereocenters. The molecular formula is C12H14N4OS. The SMILES string of the molecule is c1cc(-c2noc(CC3CSCCN3)n2)ccn1. The summed E-state index contributed by atoms with van der Waals surface area (Å²) < 4.78 is 5.29. The van der Waals surface area contributed by atoms with E-state index in [4.69, 9.17) is 4.52 Å². The highest BCUT2D eigenvalue weighted by molar-refractivity contribution is 7.99. The second-order valence-corrected chi connectivity index (χ2v) is 5.33. The highest BCUT2D eigenvalue weighted by Crippen LogP contribution is 2.16. The van der Waals surface area contributed by atoms with Crippen molar-refractivity contribution in [3.05, 3.63) is 30.4 Å². The van der Waals surface area contributed by atoms with Crippen LogP contribution in [0.25, 0.3) is 11.4 Å². The Morgan fingerprint density at radius 3 is 3.06 bits per heavy atom. The van der Waals surface area contributed by atoms with Gasteiger partial charge in [0, 0.05) is 48.5 Å². The molecule has 1 fully saturated rings. The second kappa shape index (κ2) is 5.49. The molecule has 0 radical (unpaired) electrons. The quantitative estimate of drug-likeness (QED) is 0.901. The molecule has 0 bridgehead atoms. The van der Waals surface area contributed by atoms with Crippen LogP contribution in [0, 0.1) is 0 Å². The molecule has 1 atom stereocenters. The largest absolute Gasteiger partial charge is 0.339 e. The maximum Gasteiger partial charge on any atom is 0.228 e. The molecule has 6 heteroatoms. The van der Waals surface area contributed by atoms with Crippen molar-refractivity contribution in [1.29, 1.82) is 0 Å². The lowest BCUT2D eigenvalue weighted by Crippen LogP contribution is -2.38. The van der Waals surface area contributed by atoms with Crippen molar-refractivity contribution in [2.75, 3.05) is 18.1 Å². The van der Waals surface area contributed by atoms with Crippen molar-refractivity contribution < 1.29 is 4.52 Å². The molecule has 2 aromatic rings. The summed E-state index contributed by atoms with van der Waals surface area (Å²) in [5, 5.41) is 7.46. The van der Waals surface area contributed by atoms with Crippen LogP contribution in [0.2, 0.25) is 0 Å². The van der Waals surface area contributed by atoms with Gasteiger partial charge in [-0.1, -0.05) is 5.16 Å². The van der Waals surface area contributed by atoms with Crippen molar-refractivity contribution in [2.24, 2.45) is 0 Å². The molecule has 0 aromatic carbocycles. The Kier molecular flexibility index (Phi) is 3.56. The van der Waals surface area contributed by atoms with E-state index in [0.717, 1.165) is 24.3 Å². The van der Waals surface area contributed by atoms with Crippen LogP contribution in [0.5, 0.6) is 0 Å². The summed E-state index contributed by atoms with van der Waals surface area (Å²) in [6.45, 7) is 1.06. The number of rotatable bonds is 3. The molecule has 1 saturated heterocycles. The molecule has 0 saturated carbocycles. The number of nitrogens with one attached hydrogen (secondary N) is 1. The molecule has 3 rings (SSSR count). The van der Waals surface area contributed by atoms with E-state index in [1.165, 1.54) is 5.75 Å². The van der Waals surface area contributed by atoms with Gasteiger partial charge in [0.2, 0.25) is 11.7 Å². The molecule has 0 aliphatic carbocycles. The molecule has 18 heavy (non-hydrogen) atoms. The fourth-order valence-electron chi connectivity index (χ4n) is 1.92. The van der Waals surface area contributed by atoms with Gasteiger partial charge in [0.15, 0.2) is 0 Å². The number of thioether (sulfide) groups is 1. The molecule has 94 valence electrons. The van der Waals surface area contributed by atoms with Gasteiger partial charge < -0.3 is 9.84 Å². The Morgan fingerprint density at radius 1 is 1.39 bits per heavy atom. The normalized spacial score (nSPS) is 19.9. The van der Waals surface area contributed by atoms with E-state index < -0.39 is 0 Å². The number of hydrogen-bond acceptors (Lipinski definition) is 6. The summed E-state index contributed by atoms with van der Waals surface area (Å²) in [7, 11) is 0. The molecule has 1 aliphatic heterocycles. The Balaban J connectivity index is 1.69. The molecule has 1 aliphatic rings. The van der Waals surface area contributed by atoms with Crippen LogP contribution in [0.1, 0.15) is 5.89 Å². The average Bonchev–Trinajstić information content (AvgIpc) is 2.89. The van der Waals surface area contributed by atoms with Gasteiger partial charge in [-0.25, -0.2) is 0 Å². The van der Waals surface area contributed by atoms with Crippen LogP contribution >= 0.6 is 11.8 Å². The summed E-state index contributed by atoms with van der Waals surface area (Å²) in [5.41, 5.74) is 0.936. The van der Waals surface area contributed by atoms with Gasteiger partial charge in [-0.3, -0.25) is 4.98 Å². The first-order valence-electron chi connectivity index (χ1n) is 5.96. The first kappa shape index (κ1) is 11.7. The zero-order chi connectivity index (χ0) is 12.2. The van der Waals surface area contributed by atoms with Crippen LogP contribution in [-0.2, 0) is 6.42 Å². The fourth-order valence-corrected chi connectivity index (χ4v) is 2.87. The van der Waals surface area contributed by atoms with Gasteiger partial charge in [0.25, 0.3) is 0 Å². The molecule has 2 aromatic heterocycles. The van der Waals surface area contributed by atoms with E-state index in [0.29, 0.717) is 17.8 Å². The Morgan fingerprint density at radius 2 is 2.28 bits per heavy atom. The Bertz CT molecular complexity index is 496. The van der Waals surface area contributed by atoms with Crippen molar-refractivity contribution in [3.63, 3.8) is 0 Å². The van der Waals surface area contributed by atoms with Gasteiger partial charge in [-0.05, 0) is 12.1 Å². The topological polar surface area (TPSA) is 63.8 Å². The first-order chi connectivity index (χ1) is 8.92. The lowest BCUT2D eigenvalue weighted by atomic mass is 10.2. The van der Waals surface area contributed by atoms with Gasteiger partial charge in [0.1, 0.15) is 0 Å². The molecule has 3 heterocycles. The van der Waals surface area contributed by atoms with Crippen LogP contribution in [0.15, 0.2) is 29.0 Å². The first-order valence-corrected chi connectivity index (χ1v) is 7.11. The number of nitrogens with zero attached hydrogens (tertiary/aromatic N) is 3. The maximum absolute atomic E-state index is 5.29. The minimum Gasteiger partial charge on any atom is -0.339 e. The Hall–Kier alpha value is -1.40. The van der Waals surface area contributed by atoms with Gasteiger partial charge in [0.05, 0.1) is 0 Å². The molecular weight excluding hydrogens is 248 g/mol. The van der Waals surface area contributed by atoms with Gasteiger partial charge in [-0.15, -0.1) is 0 Å². The third kappa shape index (κ3) is 2.70. The lowest BCUT2D eigenvalue weighted by Gasteiger charge is -2.21. The van der Waals surface area contributed by atoms with Gasteiger partial charge in [-0.2, -0.15) is 16.7 Å². The van der Waals surface area contributed by atoms with E-state index in [1.54, 1.807) is 12.4 Å². The van der Waals surface area contributed by atoms with Crippen LogP contribution in [0.3, 0.4) is 0 Å². The van der Waals surface area contributed by atoms with Crippen LogP contribution in [0.4, 0.5) is 0 Å². The predicted molar refractivity (Wildman–Crippen MR) is 70.3 cm³/mol. The standard InChI is InChI=1S/C12H14N4OS/c1-3-13-4-2-9(1)12-15-11(17-16-12)7-10-8-18-6-5-14-10/h1-4,10,14H,5-8H2. The fraction of sp³-hybridized carbons (Fsp3) is 0.417. The zero-order valence-electron chi connectivity index (χ0n) is 9.87. The van der Waals surface area contributed by atoms with E-state index in [2.05, 4.69) is 20.4 Å². The highest BCUT2D eigenvalue weighted by atomic mass is 32.2. The monoisotopic (exact) mass is 262 g/mol. The third-order valence-electron chi connectivity index (χ3n) is 2.83. The second-order valence-electron chi connectivity index (χ2n) is 4.18. The number of pyridine rings is 1. The summed E-state index contributed by atoms with van der Waals surface area (Å²) in [6, 6.07) is 4.20. The summed E-state index contributed by atoms with van der Waals surface area (Å²) in [4.78, 5) is 8.39. The molecule has 0 amide bonds. The summed E-state index contributed by atoms with van der Waals surface area (Å²) in [6.07, 6.45) is 4.25. The van der Waals surface area contributed by atoms with Gasteiger partial charge >= 0.3 is 0 Å². The zero-order valence-corrected chi connectivity index (χ0v) is 10.7. The predicted octanol–water partition coefficient (Wildman–Crippen LogP) is 1.38. The van der Waals surface area contributed by atoms with Crippen molar-refractivity contribution in [1.82, 2.24) is 20.4 Å². The van der Waals surface area contributed by atoms with Crippen LogP contribution in [-0.4, -0.2) is 39.2 Å². The smallest absolute Gasteiger partial charge is 0.228 e. The average molecular weight is 262 g/mol. The third-order valence-corrected chi connectivity index (χ3v) is 3.96. The summed E-state index contributed by atoms with van der Waals surface area (Å²) >= 11 is 1.96. The summed E-state index contributed by atoms with van der Waals surface area (Å²) in [5.74, 6) is 3.62. The van der Waals surface area contributed by atoms with Crippen LogP contribution < -0.4 is 5.32 Å². The molecule has 5 nitrogen and oxygen atoms in total. The number of hydrogen-bond donors (Lipinski definition) is 1. The van der Waals surface area contributed by atoms with Crippen molar-refractivity contribution in [3.8, 4) is 11.4 Å². The van der Waals surface area contributed by atoms with E-state index in [-0.39, 0.29) is 0 Å². The molecule has 0 spiro atoms. The van der Waals surface area contributed by atoms with Crippen molar-refractivity contribution in [2.45, 2.75) is 12.5 Å². The van der Waals surface area contributed by atoms with Crippen molar-refractivity contribution >= 4 is 11.8 Å².